The highest BCUT2D eigenvalue weighted by atomic mass is 14.8. The van der Waals surface area contributed by atoms with E-state index in [2.05, 4.69) is 40.1 Å². The van der Waals surface area contributed by atoms with Crippen molar-refractivity contribution in [2.75, 3.05) is 13.6 Å². The van der Waals surface area contributed by atoms with Crippen LogP contribution in [0.2, 0.25) is 0 Å². The second kappa shape index (κ2) is 4.00. The van der Waals surface area contributed by atoms with Crippen molar-refractivity contribution in [1.29, 1.82) is 0 Å². The van der Waals surface area contributed by atoms with Gasteiger partial charge < -0.3 is 5.32 Å². The molecule has 0 radical (unpaired) electrons. The molecule has 0 aromatic heterocycles. The molecule has 0 saturated heterocycles. The minimum atomic E-state index is 0.484. The van der Waals surface area contributed by atoms with E-state index in [-0.39, 0.29) is 0 Å². The molecule has 0 heterocycles. The minimum Gasteiger partial charge on any atom is -0.319 e. The van der Waals surface area contributed by atoms with E-state index in [0.29, 0.717) is 5.41 Å². The number of hydrogen-bond acceptors (Lipinski definition) is 1. The Kier molecular flexibility index (Phi) is 3.39. The van der Waals surface area contributed by atoms with Crippen molar-refractivity contribution in [3.05, 3.63) is 0 Å². The van der Waals surface area contributed by atoms with E-state index in [1.54, 1.807) is 0 Å². The monoisotopic (exact) mass is 183 g/mol. The van der Waals surface area contributed by atoms with Gasteiger partial charge in [0.2, 0.25) is 0 Å². The second-order valence-corrected chi connectivity index (χ2v) is 5.76. The molecule has 3 atom stereocenters. The van der Waals surface area contributed by atoms with Gasteiger partial charge in [0.1, 0.15) is 0 Å². The van der Waals surface area contributed by atoms with Gasteiger partial charge in [-0.05, 0) is 43.2 Å². The molecule has 1 aliphatic rings. The van der Waals surface area contributed by atoms with Gasteiger partial charge in [-0.2, -0.15) is 0 Å². The summed E-state index contributed by atoms with van der Waals surface area (Å²) < 4.78 is 0. The third kappa shape index (κ3) is 2.46. The van der Waals surface area contributed by atoms with E-state index < -0.39 is 0 Å². The van der Waals surface area contributed by atoms with Gasteiger partial charge >= 0.3 is 0 Å². The van der Waals surface area contributed by atoms with Crippen LogP contribution in [0, 0.1) is 23.2 Å². The van der Waals surface area contributed by atoms with E-state index in [1.165, 1.54) is 19.4 Å². The summed E-state index contributed by atoms with van der Waals surface area (Å²) in [5, 5.41) is 3.33. The van der Waals surface area contributed by atoms with Gasteiger partial charge in [0, 0.05) is 0 Å². The molecule has 1 aliphatic carbocycles. The summed E-state index contributed by atoms with van der Waals surface area (Å²) in [5.41, 5.74) is 0.484. The molecule has 0 bridgehead atoms. The number of rotatable bonds is 2. The predicted octanol–water partition coefficient (Wildman–Crippen LogP) is 2.91. The van der Waals surface area contributed by atoms with Gasteiger partial charge in [0.05, 0.1) is 0 Å². The van der Waals surface area contributed by atoms with Crippen molar-refractivity contribution in [3.63, 3.8) is 0 Å². The molecule has 3 unspecified atom stereocenters. The Balaban J connectivity index is 2.65. The zero-order chi connectivity index (χ0) is 10.1. The largest absolute Gasteiger partial charge is 0.319 e. The maximum absolute atomic E-state index is 3.33. The smallest absolute Gasteiger partial charge is 0.00206 e. The lowest BCUT2D eigenvalue weighted by Crippen LogP contribution is -2.33. The molecule has 0 spiro atoms. The van der Waals surface area contributed by atoms with Crippen LogP contribution in [0.5, 0.6) is 0 Å². The van der Waals surface area contributed by atoms with Crippen LogP contribution < -0.4 is 5.32 Å². The summed E-state index contributed by atoms with van der Waals surface area (Å²) in [6.07, 6.45) is 2.85. The zero-order valence-corrected chi connectivity index (χ0v) is 9.85. The molecular formula is C12H25N. The van der Waals surface area contributed by atoms with Crippen LogP contribution in [-0.2, 0) is 0 Å². The lowest BCUT2D eigenvalue weighted by Gasteiger charge is -2.35. The van der Waals surface area contributed by atoms with E-state index in [0.717, 1.165) is 17.8 Å². The highest BCUT2D eigenvalue weighted by Crippen LogP contribution is 2.46. The van der Waals surface area contributed by atoms with Crippen LogP contribution in [0.25, 0.3) is 0 Å². The molecule has 0 amide bonds. The minimum absolute atomic E-state index is 0.484. The van der Waals surface area contributed by atoms with Crippen molar-refractivity contribution in [3.8, 4) is 0 Å². The van der Waals surface area contributed by atoms with Crippen molar-refractivity contribution in [2.45, 2.75) is 40.5 Å². The molecule has 0 aromatic carbocycles. The Morgan fingerprint density at radius 1 is 1.23 bits per heavy atom. The van der Waals surface area contributed by atoms with Crippen LogP contribution in [0.3, 0.4) is 0 Å². The molecule has 13 heavy (non-hydrogen) atoms. The van der Waals surface area contributed by atoms with Crippen LogP contribution in [0.15, 0.2) is 0 Å². The number of nitrogens with one attached hydrogen (secondary N) is 1. The number of hydrogen-bond donors (Lipinski definition) is 1. The first-order chi connectivity index (χ1) is 5.96. The Morgan fingerprint density at radius 3 is 2.31 bits per heavy atom. The first kappa shape index (κ1) is 11.0. The van der Waals surface area contributed by atoms with Gasteiger partial charge in [-0.25, -0.2) is 0 Å². The van der Waals surface area contributed by atoms with E-state index in [9.17, 15) is 0 Å². The Hall–Kier alpha value is -0.0400. The average molecular weight is 183 g/mol. The normalized spacial score (nSPS) is 35.3. The third-order valence-electron chi connectivity index (χ3n) is 3.58. The standard InChI is InChI=1S/C12H25N/c1-9-6-7-10(8-13-5)11(9)12(2,3)4/h9-11,13H,6-8H2,1-5H3. The Bertz CT molecular complexity index is 155. The van der Waals surface area contributed by atoms with Crippen LogP contribution >= 0.6 is 0 Å². The fourth-order valence-corrected chi connectivity index (χ4v) is 3.35. The molecule has 1 saturated carbocycles. The zero-order valence-electron chi connectivity index (χ0n) is 9.85. The van der Waals surface area contributed by atoms with Gasteiger partial charge in [0.25, 0.3) is 0 Å². The Morgan fingerprint density at radius 2 is 1.85 bits per heavy atom. The maximum atomic E-state index is 3.33. The summed E-state index contributed by atoms with van der Waals surface area (Å²) in [6.45, 7) is 10.8. The summed E-state index contributed by atoms with van der Waals surface area (Å²) in [4.78, 5) is 0. The third-order valence-corrected chi connectivity index (χ3v) is 3.58. The first-order valence-electron chi connectivity index (χ1n) is 5.61. The van der Waals surface area contributed by atoms with Crippen LogP contribution in [0.1, 0.15) is 40.5 Å². The molecular weight excluding hydrogens is 158 g/mol. The van der Waals surface area contributed by atoms with Crippen LogP contribution in [-0.4, -0.2) is 13.6 Å². The molecule has 0 aromatic rings. The van der Waals surface area contributed by atoms with Crippen LogP contribution in [0.4, 0.5) is 0 Å². The van der Waals surface area contributed by atoms with Crippen molar-refractivity contribution in [1.82, 2.24) is 5.32 Å². The average Bonchev–Trinajstić information content (AvgIpc) is 2.31. The Labute approximate surface area is 83.3 Å². The lowest BCUT2D eigenvalue weighted by molar-refractivity contribution is 0.145. The molecule has 1 rings (SSSR count). The molecule has 1 nitrogen and oxygen atoms in total. The van der Waals surface area contributed by atoms with Crippen molar-refractivity contribution < 1.29 is 0 Å². The van der Waals surface area contributed by atoms with E-state index in [1.807, 2.05) is 0 Å². The van der Waals surface area contributed by atoms with Crippen molar-refractivity contribution in [2.24, 2.45) is 23.2 Å². The second-order valence-electron chi connectivity index (χ2n) is 5.76. The molecule has 0 aliphatic heterocycles. The quantitative estimate of drug-likeness (QED) is 0.694. The maximum Gasteiger partial charge on any atom is -0.00206 e. The van der Waals surface area contributed by atoms with Gasteiger partial charge in [-0.3, -0.25) is 0 Å². The highest BCUT2D eigenvalue weighted by molar-refractivity contribution is 4.90. The molecule has 1 N–H and O–H groups in total. The molecule has 78 valence electrons. The first-order valence-corrected chi connectivity index (χ1v) is 5.61. The SMILES string of the molecule is CNCC1CCC(C)C1C(C)(C)C. The van der Waals surface area contributed by atoms with E-state index in [4.69, 9.17) is 0 Å². The fourth-order valence-electron chi connectivity index (χ4n) is 3.35. The fraction of sp³-hybridized carbons (Fsp3) is 1.00. The summed E-state index contributed by atoms with van der Waals surface area (Å²) in [7, 11) is 2.07. The van der Waals surface area contributed by atoms with Gasteiger partial charge in [-0.1, -0.05) is 34.1 Å². The summed E-state index contributed by atoms with van der Waals surface area (Å²) >= 11 is 0. The van der Waals surface area contributed by atoms with E-state index >= 15 is 0 Å². The summed E-state index contributed by atoms with van der Waals surface area (Å²) in [5.74, 6) is 2.72. The lowest BCUT2D eigenvalue weighted by atomic mass is 9.71. The van der Waals surface area contributed by atoms with Gasteiger partial charge in [-0.15, -0.1) is 0 Å². The van der Waals surface area contributed by atoms with Crippen molar-refractivity contribution >= 4 is 0 Å². The predicted molar refractivity (Wildman–Crippen MR) is 58.8 cm³/mol. The topological polar surface area (TPSA) is 12.0 Å². The highest BCUT2D eigenvalue weighted by Gasteiger charge is 2.39. The molecule has 1 fully saturated rings. The molecule has 1 heteroatoms. The van der Waals surface area contributed by atoms with Gasteiger partial charge in [0.15, 0.2) is 0 Å². The summed E-state index contributed by atoms with van der Waals surface area (Å²) in [6, 6.07) is 0.